The van der Waals surface area contributed by atoms with Crippen LogP contribution in [0, 0.1) is 6.92 Å². The van der Waals surface area contributed by atoms with Crippen molar-refractivity contribution >= 4 is 16.9 Å². The molecule has 0 aliphatic carbocycles. The molecule has 2 aromatic carbocycles. The van der Waals surface area contributed by atoms with Crippen LogP contribution < -0.4 is 10.3 Å². The molecule has 3 heterocycles. The van der Waals surface area contributed by atoms with Crippen molar-refractivity contribution in [1.82, 2.24) is 4.90 Å². The first-order chi connectivity index (χ1) is 14.6. The van der Waals surface area contributed by atoms with Crippen molar-refractivity contribution in [1.29, 1.82) is 0 Å². The normalized spacial score (nSPS) is 19.4. The number of hydrogen-bond acceptors (Lipinski definition) is 4. The number of para-hydroxylation sites is 1. The molecule has 1 aromatic heterocycles. The first kappa shape index (κ1) is 19.0. The van der Waals surface area contributed by atoms with Gasteiger partial charge in [-0.2, -0.15) is 0 Å². The van der Waals surface area contributed by atoms with E-state index in [1.54, 1.807) is 12.1 Å². The molecule has 1 saturated heterocycles. The van der Waals surface area contributed by atoms with Crippen molar-refractivity contribution in [2.75, 3.05) is 39.4 Å². The molecule has 0 saturated carbocycles. The standard InChI is InChI=1S/C24H24N2O4/c1-16-6-8-17(9-7-16)21-20-22(27)18-4-2-3-5-19(18)30-23(20)24(28)26(21)11-10-25-12-14-29-15-13-25/h2-9,21H,10-15H2,1H3/p+1/t21-/m0/s1. The van der Waals surface area contributed by atoms with Gasteiger partial charge in [0.25, 0.3) is 5.91 Å². The number of fused-ring (bicyclic) bond motifs is 2. The summed E-state index contributed by atoms with van der Waals surface area (Å²) in [6.07, 6.45) is 0. The summed E-state index contributed by atoms with van der Waals surface area (Å²) in [5.74, 6) is -0.0210. The highest BCUT2D eigenvalue weighted by Gasteiger charge is 2.43. The van der Waals surface area contributed by atoms with E-state index in [1.807, 2.05) is 48.2 Å². The lowest BCUT2D eigenvalue weighted by atomic mass is 9.98. The van der Waals surface area contributed by atoms with Crippen molar-refractivity contribution < 1.29 is 18.8 Å². The highest BCUT2D eigenvalue weighted by atomic mass is 16.5. The van der Waals surface area contributed by atoms with Gasteiger partial charge < -0.3 is 19.0 Å². The second kappa shape index (κ2) is 7.70. The molecule has 0 radical (unpaired) electrons. The van der Waals surface area contributed by atoms with E-state index in [-0.39, 0.29) is 17.1 Å². The van der Waals surface area contributed by atoms with Crippen LogP contribution in [0.3, 0.4) is 0 Å². The van der Waals surface area contributed by atoms with Crippen LogP contribution in [0.15, 0.2) is 57.7 Å². The molecule has 1 fully saturated rings. The number of carbonyl (C=O) groups excluding carboxylic acids is 1. The Labute approximate surface area is 174 Å². The maximum Gasteiger partial charge on any atom is 0.291 e. The van der Waals surface area contributed by atoms with Crippen LogP contribution in [0.25, 0.3) is 11.0 Å². The number of hydrogen-bond donors (Lipinski definition) is 1. The maximum absolute atomic E-state index is 13.4. The molecule has 30 heavy (non-hydrogen) atoms. The van der Waals surface area contributed by atoms with Crippen molar-refractivity contribution in [3.63, 3.8) is 0 Å². The Bertz CT molecular complexity index is 1150. The Balaban J connectivity index is 1.59. The van der Waals surface area contributed by atoms with Gasteiger partial charge in [-0.05, 0) is 24.6 Å². The highest BCUT2D eigenvalue weighted by Crippen LogP contribution is 2.37. The number of ether oxygens (including phenoxy) is 1. The first-order valence-electron chi connectivity index (χ1n) is 10.5. The number of morpholine rings is 1. The number of aryl methyl sites for hydroxylation is 1. The largest absolute Gasteiger partial charge is 0.450 e. The lowest BCUT2D eigenvalue weighted by Gasteiger charge is -2.29. The summed E-state index contributed by atoms with van der Waals surface area (Å²) >= 11 is 0. The van der Waals surface area contributed by atoms with Crippen LogP contribution in [0.1, 0.15) is 33.3 Å². The quantitative estimate of drug-likeness (QED) is 0.716. The van der Waals surface area contributed by atoms with E-state index in [4.69, 9.17) is 9.15 Å². The lowest BCUT2D eigenvalue weighted by molar-refractivity contribution is -0.907. The lowest BCUT2D eigenvalue weighted by Crippen LogP contribution is -3.14. The van der Waals surface area contributed by atoms with Crippen LogP contribution in [-0.4, -0.2) is 50.2 Å². The van der Waals surface area contributed by atoms with Crippen molar-refractivity contribution in [3.05, 3.63) is 81.2 Å². The van der Waals surface area contributed by atoms with Gasteiger partial charge in [0.2, 0.25) is 5.76 Å². The van der Waals surface area contributed by atoms with Gasteiger partial charge in [-0.3, -0.25) is 9.59 Å². The molecule has 0 bridgehead atoms. The van der Waals surface area contributed by atoms with Gasteiger partial charge in [-0.1, -0.05) is 42.0 Å². The predicted octanol–water partition coefficient (Wildman–Crippen LogP) is 1.56. The molecular formula is C24H25N2O4+. The maximum atomic E-state index is 13.4. The molecule has 5 rings (SSSR count). The Hall–Kier alpha value is -2.96. The number of carbonyl (C=O) groups is 1. The first-order valence-corrected chi connectivity index (χ1v) is 10.5. The van der Waals surface area contributed by atoms with Gasteiger partial charge in [-0.15, -0.1) is 0 Å². The highest BCUT2D eigenvalue weighted by molar-refractivity contribution is 5.99. The van der Waals surface area contributed by atoms with E-state index in [0.29, 0.717) is 23.1 Å². The second-order valence-corrected chi connectivity index (χ2v) is 8.09. The molecule has 1 atom stereocenters. The summed E-state index contributed by atoms with van der Waals surface area (Å²) in [6.45, 7) is 6.77. The molecule has 2 aliphatic heterocycles. The fourth-order valence-corrected chi connectivity index (χ4v) is 4.48. The van der Waals surface area contributed by atoms with Crippen molar-refractivity contribution in [3.8, 4) is 0 Å². The van der Waals surface area contributed by atoms with Gasteiger partial charge in [0.05, 0.1) is 43.3 Å². The summed E-state index contributed by atoms with van der Waals surface area (Å²) in [7, 11) is 0. The van der Waals surface area contributed by atoms with Gasteiger partial charge in [0, 0.05) is 0 Å². The SMILES string of the molecule is Cc1ccc([C@H]2c3c(oc4ccccc4c3=O)C(=O)N2CC[NH+]2CCOCC2)cc1. The van der Waals surface area contributed by atoms with Crippen LogP contribution in [0.5, 0.6) is 0 Å². The summed E-state index contributed by atoms with van der Waals surface area (Å²) in [5.41, 5.74) is 2.87. The minimum absolute atomic E-state index is 0.119. The zero-order chi connectivity index (χ0) is 20.7. The number of nitrogens with one attached hydrogen (secondary N) is 1. The third-order valence-corrected chi connectivity index (χ3v) is 6.17. The molecule has 154 valence electrons. The van der Waals surface area contributed by atoms with E-state index in [1.165, 1.54) is 4.90 Å². The topological polar surface area (TPSA) is 64.2 Å². The van der Waals surface area contributed by atoms with Crippen LogP contribution in [0.4, 0.5) is 0 Å². The molecule has 6 nitrogen and oxygen atoms in total. The second-order valence-electron chi connectivity index (χ2n) is 8.09. The summed E-state index contributed by atoms with van der Waals surface area (Å²) in [6, 6.07) is 14.8. The fourth-order valence-electron chi connectivity index (χ4n) is 4.48. The average Bonchev–Trinajstić information content (AvgIpc) is 3.06. The third kappa shape index (κ3) is 3.22. The van der Waals surface area contributed by atoms with Crippen molar-refractivity contribution in [2.45, 2.75) is 13.0 Å². The molecule has 6 heteroatoms. The number of amides is 1. The Kier molecular flexibility index (Phi) is 4.89. The van der Waals surface area contributed by atoms with Crippen LogP contribution >= 0.6 is 0 Å². The Morgan fingerprint density at radius 1 is 1.03 bits per heavy atom. The van der Waals surface area contributed by atoms with Crippen molar-refractivity contribution in [2.24, 2.45) is 0 Å². The number of rotatable bonds is 4. The van der Waals surface area contributed by atoms with Crippen LogP contribution in [0.2, 0.25) is 0 Å². The minimum Gasteiger partial charge on any atom is -0.450 e. The Morgan fingerprint density at radius 2 is 1.77 bits per heavy atom. The number of benzene rings is 2. The predicted molar refractivity (Wildman–Crippen MR) is 113 cm³/mol. The molecule has 3 aromatic rings. The molecule has 1 amide bonds. The monoisotopic (exact) mass is 405 g/mol. The molecule has 1 N–H and O–H groups in total. The zero-order valence-corrected chi connectivity index (χ0v) is 17.0. The Morgan fingerprint density at radius 3 is 2.53 bits per heavy atom. The third-order valence-electron chi connectivity index (χ3n) is 6.17. The summed E-state index contributed by atoms with van der Waals surface area (Å²) in [5, 5.41) is 0.516. The molecule has 2 aliphatic rings. The van der Waals surface area contributed by atoms with E-state index in [0.717, 1.165) is 44.0 Å². The van der Waals surface area contributed by atoms with Gasteiger partial charge >= 0.3 is 0 Å². The van der Waals surface area contributed by atoms with E-state index >= 15 is 0 Å². The molecular weight excluding hydrogens is 380 g/mol. The summed E-state index contributed by atoms with van der Waals surface area (Å²) < 4.78 is 11.4. The van der Waals surface area contributed by atoms with Gasteiger partial charge in [0.1, 0.15) is 18.7 Å². The number of nitrogens with zero attached hydrogens (tertiary/aromatic N) is 1. The van der Waals surface area contributed by atoms with E-state index in [9.17, 15) is 9.59 Å². The molecule has 0 unspecified atom stereocenters. The molecule has 0 spiro atoms. The van der Waals surface area contributed by atoms with E-state index in [2.05, 4.69) is 0 Å². The van der Waals surface area contributed by atoms with Gasteiger partial charge in [-0.25, -0.2) is 0 Å². The van der Waals surface area contributed by atoms with Crippen LogP contribution in [-0.2, 0) is 4.74 Å². The average molecular weight is 405 g/mol. The minimum atomic E-state index is -0.422. The smallest absolute Gasteiger partial charge is 0.291 e. The van der Waals surface area contributed by atoms with E-state index < -0.39 is 6.04 Å². The zero-order valence-electron chi connectivity index (χ0n) is 17.0. The van der Waals surface area contributed by atoms with Gasteiger partial charge in [0.15, 0.2) is 5.43 Å². The number of quaternary nitrogens is 1. The fraction of sp³-hybridized carbons (Fsp3) is 0.333. The summed E-state index contributed by atoms with van der Waals surface area (Å²) in [4.78, 5) is 30.0.